The molecule has 1 aliphatic heterocycles. The Morgan fingerprint density at radius 3 is 2.90 bits per heavy atom. The van der Waals surface area contributed by atoms with Crippen molar-refractivity contribution in [1.82, 2.24) is 10.2 Å². The summed E-state index contributed by atoms with van der Waals surface area (Å²) in [4.78, 5) is 30.3. The number of fused-ring (bicyclic) bond motifs is 1. The second-order valence-electron chi connectivity index (χ2n) is 7.62. The highest BCUT2D eigenvalue weighted by atomic mass is 35.5. The van der Waals surface area contributed by atoms with Crippen LogP contribution in [0.1, 0.15) is 63.1 Å². The molecular formula is C24H28ClN3O2. The van der Waals surface area contributed by atoms with E-state index in [0.29, 0.717) is 23.7 Å². The van der Waals surface area contributed by atoms with Gasteiger partial charge in [-0.3, -0.25) is 9.79 Å². The van der Waals surface area contributed by atoms with Gasteiger partial charge in [-0.25, -0.2) is 4.79 Å². The van der Waals surface area contributed by atoms with Crippen LogP contribution in [-0.2, 0) is 9.59 Å². The number of hydrogen-bond donors (Lipinski definition) is 1. The largest absolute Gasteiger partial charge is 0.351 e. The van der Waals surface area contributed by atoms with E-state index in [-0.39, 0.29) is 18.0 Å². The maximum Gasteiger partial charge on any atom is 0.220 e. The number of nitrogens with zero attached hydrogens (tertiary/aromatic N) is 2. The first kappa shape index (κ1) is 22.1. The minimum atomic E-state index is -0.0759. The molecule has 1 heterocycles. The van der Waals surface area contributed by atoms with Crippen LogP contribution in [0.4, 0.5) is 0 Å². The van der Waals surface area contributed by atoms with Gasteiger partial charge in [0, 0.05) is 36.0 Å². The molecule has 1 amide bonds. The fourth-order valence-corrected chi connectivity index (χ4v) is 4.63. The Hall–Kier alpha value is -2.62. The zero-order valence-electron chi connectivity index (χ0n) is 17.6. The zero-order chi connectivity index (χ0) is 21.7. The fourth-order valence-electron chi connectivity index (χ4n) is 4.45. The predicted octanol–water partition coefficient (Wildman–Crippen LogP) is 4.87. The number of rotatable bonds is 7. The average molecular weight is 426 g/mol. The van der Waals surface area contributed by atoms with Gasteiger partial charge in [-0.15, -0.1) is 0 Å². The topological polar surface area (TPSA) is 61.8 Å². The second kappa shape index (κ2) is 9.92. The lowest BCUT2D eigenvalue weighted by atomic mass is 9.87. The van der Waals surface area contributed by atoms with E-state index in [1.54, 1.807) is 6.21 Å². The van der Waals surface area contributed by atoms with Crippen molar-refractivity contribution in [2.24, 2.45) is 4.99 Å². The molecule has 0 fully saturated rings. The number of nitrogens with one attached hydrogen (secondary N) is 1. The third kappa shape index (κ3) is 4.43. The van der Waals surface area contributed by atoms with Gasteiger partial charge in [-0.2, -0.15) is 0 Å². The number of carbonyl (C=O) groups is 1. The minimum absolute atomic E-state index is 0.0221. The molecule has 0 radical (unpaired) electrons. The normalized spacial score (nSPS) is 21.0. The van der Waals surface area contributed by atoms with Crippen LogP contribution in [0.5, 0.6) is 0 Å². The first-order valence-electron chi connectivity index (χ1n) is 10.5. The highest BCUT2D eigenvalue weighted by molar-refractivity contribution is 6.30. The van der Waals surface area contributed by atoms with E-state index in [2.05, 4.69) is 34.7 Å². The smallest absolute Gasteiger partial charge is 0.220 e. The summed E-state index contributed by atoms with van der Waals surface area (Å²) < 4.78 is 0. The lowest BCUT2D eigenvalue weighted by molar-refractivity contribution is -0.121. The molecule has 158 valence electrons. The Labute approximate surface area is 183 Å². The Balaban J connectivity index is 2.00. The number of halogens is 1. The van der Waals surface area contributed by atoms with Crippen LogP contribution in [0.15, 0.2) is 47.1 Å². The van der Waals surface area contributed by atoms with Gasteiger partial charge in [0.2, 0.25) is 5.91 Å². The molecule has 0 saturated carbocycles. The van der Waals surface area contributed by atoms with Crippen molar-refractivity contribution < 1.29 is 9.59 Å². The third-order valence-electron chi connectivity index (χ3n) is 5.87. The Morgan fingerprint density at radius 1 is 1.43 bits per heavy atom. The quantitative estimate of drug-likeness (QED) is 0.500. The van der Waals surface area contributed by atoms with Crippen molar-refractivity contribution >= 4 is 35.4 Å². The highest BCUT2D eigenvalue weighted by Crippen LogP contribution is 2.44. The number of carbonyl (C=O) groups excluding carboxylic acids is 2. The standard InChI is InChI=1S/C24H28ClN3O2/c1-4-22-19-12-17(25)10-11-18(19)23(15-29)28(22)14-16-8-7-9-21(27-24(30)5-2)20(16)13-26-6-3/h6,10-13,21-22H,3-5,7-9,14H2,1-2H3,(H,27,30)/b26-13-/t21-,22-/m0/s1. The Morgan fingerprint density at radius 2 is 2.23 bits per heavy atom. The summed E-state index contributed by atoms with van der Waals surface area (Å²) in [6.07, 6.45) is 7.32. The second-order valence-corrected chi connectivity index (χ2v) is 8.06. The summed E-state index contributed by atoms with van der Waals surface area (Å²) in [6, 6.07) is 5.65. The maximum atomic E-state index is 12.1. The van der Waals surface area contributed by atoms with Crippen LogP contribution in [0, 0.1) is 0 Å². The SMILES string of the molecule is C=C/N=C\C1=C(CN2C(=C=O)c3ccc(Cl)cc3[C@@H]2CC)CCC[C@@H]1NC(=O)CC. The fraction of sp³-hybridized carbons (Fsp3) is 0.417. The van der Waals surface area contributed by atoms with Crippen molar-refractivity contribution in [2.75, 3.05) is 6.54 Å². The number of benzene rings is 1. The molecule has 5 nitrogen and oxygen atoms in total. The molecule has 3 rings (SSSR count). The van der Waals surface area contributed by atoms with Crippen molar-refractivity contribution in [1.29, 1.82) is 0 Å². The predicted molar refractivity (Wildman–Crippen MR) is 122 cm³/mol. The van der Waals surface area contributed by atoms with Gasteiger partial charge in [-0.05, 0) is 54.5 Å². The van der Waals surface area contributed by atoms with Gasteiger partial charge in [0.25, 0.3) is 0 Å². The molecule has 0 saturated heterocycles. The monoisotopic (exact) mass is 425 g/mol. The summed E-state index contributed by atoms with van der Waals surface area (Å²) in [7, 11) is 0. The number of hydrogen-bond acceptors (Lipinski definition) is 4. The van der Waals surface area contributed by atoms with E-state index in [9.17, 15) is 9.59 Å². The molecule has 6 heteroatoms. The molecule has 1 N–H and O–H groups in total. The first-order chi connectivity index (χ1) is 14.5. The molecule has 0 unspecified atom stereocenters. The van der Waals surface area contributed by atoms with Gasteiger partial charge in [0.05, 0.1) is 12.1 Å². The zero-order valence-corrected chi connectivity index (χ0v) is 18.3. The summed E-state index contributed by atoms with van der Waals surface area (Å²) in [6.45, 7) is 8.22. The summed E-state index contributed by atoms with van der Waals surface area (Å²) in [5, 5.41) is 3.78. The van der Waals surface area contributed by atoms with Crippen LogP contribution in [0.3, 0.4) is 0 Å². The van der Waals surface area contributed by atoms with Crippen molar-refractivity contribution in [3.05, 3.63) is 58.3 Å². The molecule has 1 aliphatic carbocycles. The van der Waals surface area contributed by atoms with Gasteiger partial charge >= 0.3 is 0 Å². The Kier molecular flexibility index (Phi) is 7.30. The third-order valence-corrected chi connectivity index (χ3v) is 6.10. The van der Waals surface area contributed by atoms with E-state index < -0.39 is 0 Å². The van der Waals surface area contributed by atoms with Crippen LogP contribution >= 0.6 is 11.6 Å². The first-order valence-corrected chi connectivity index (χ1v) is 10.9. The number of amides is 1. The van der Waals surface area contributed by atoms with E-state index in [1.807, 2.05) is 25.1 Å². The van der Waals surface area contributed by atoms with Crippen molar-refractivity contribution in [3.63, 3.8) is 0 Å². The van der Waals surface area contributed by atoms with Gasteiger partial charge in [0.15, 0.2) is 5.94 Å². The lowest BCUT2D eigenvalue weighted by Gasteiger charge is -2.32. The van der Waals surface area contributed by atoms with Gasteiger partial charge in [-0.1, -0.05) is 38.1 Å². The van der Waals surface area contributed by atoms with E-state index in [4.69, 9.17) is 11.6 Å². The molecule has 2 aliphatic rings. The summed E-state index contributed by atoms with van der Waals surface area (Å²) >= 11 is 6.24. The molecule has 0 aromatic heterocycles. The van der Waals surface area contributed by atoms with Crippen LogP contribution in [0.2, 0.25) is 5.02 Å². The lowest BCUT2D eigenvalue weighted by Crippen LogP contribution is -2.39. The molecule has 1 aromatic carbocycles. The summed E-state index contributed by atoms with van der Waals surface area (Å²) in [5.41, 5.74) is 4.72. The van der Waals surface area contributed by atoms with Crippen molar-refractivity contribution in [3.8, 4) is 0 Å². The number of aliphatic imine (C=N–C) groups is 1. The van der Waals surface area contributed by atoms with E-state index in [1.165, 1.54) is 11.8 Å². The van der Waals surface area contributed by atoms with Crippen molar-refractivity contribution in [2.45, 2.75) is 58.0 Å². The summed E-state index contributed by atoms with van der Waals surface area (Å²) in [5.74, 6) is 2.18. The average Bonchev–Trinajstić information content (AvgIpc) is 3.04. The highest BCUT2D eigenvalue weighted by Gasteiger charge is 2.35. The minimum Gasteiger partial charge on any atom is -0.351 e. The van der Waals surface area contributed by atoms with Crippen LogP contribution < -0.4 is 5.32 Å². The Bertz CT molecular complexity index is 944. The molecular weight excluding hydrogens is 398 g/mol. The van der Waals surface area contributed by atoms with Gasteiger partial charge in [0.1, 0.15) is 5.70 Å². The molecule has 1 aromatic rings. The molecule has 2 atom stereocenters. The van der Waals surface area contributed by atoms with Crippen LogP contribution in [0.25, 0.3) is 5.70 Å². The van der Waals surface area contributed by atoms with Gasteiger partial charge < -0.3 is 10.2 Å². The molecule has 30 heavy (non-hydrogen) atoms. The molecule has 0 bridgehead atoms. The van der Waals surface area contributed by atoms with E-state index in [0.717, 1.165) is 42.4 Å². The van der Waals surface area contributed by atoms with E-state index >= 15 is 0 Å². The maximum absolute atomic E-state index is 12.1. The van der Waals surface area contributed by atoms with Crippen LogP contribution in [-0.4, -0.2) is 35.5 Å². The molecule has 0 spiro atoms.